The molecule has 0 saturated carbocycles. The Morgan fingerprint density at radius 1 is 1.17 bits per heavy atom. The van der Waals surface area contributed by atoms with Crippen LogP contribution < -0.4 is 20.1 Å². The van der Waals surface area contributed by atoms with Crippen LogP contribution in [0.3, 0.4) is 0 Å². The highest BCUT2D eigenvalue weighted by atomic mass is 35.5. The minimum absolute atomic E-state index is 0.288. The molecule has 0 radical (unpaired) electrons. The van der Waals surface area contributed by atoms with Crippen molar-refractivity contribution in [2.75, 3.05) is 25.6 Å². The van der Waals surface area contributed by atoms with E-state index in [0.717, 1.165) is 12.1 Å². The molecule has 2 rings (SSSR count). The van der Waals surface area contributed by atoms with Gasteiger partial charge in [-0.3, -0.25) is 9.59 Å². The van der Waals surface area contributed by atoms with Crippen molar-refractivity contribution >= 4 is 35.2 Å². The van der Waals surface area contributed by atoms with Crippen LogP contribution in [-0.4, -0.2) is 32.1 Å². The van der Waals surface area contributed by atoms with Gasteiger partial charge >= 0.3 is 0 Å². The van der Waals surface area contributed by atoms with Gasteiger partial charge in [0.2, 0.25) is 11.8 Å². The third kappa shape index (κ3) is 5.90. The van der Waals surface area contributed by atoms with E-state index in [1.165, 1.54) is 13.2 Å². The van der Waals surface area contributed by atoms with Crippen LogP contribution >= 0.6 is 11.6 Å². The third-order valence-corrected chi connectivity index (χ3v) is 3.98. The summed E-state index contributed by atoms with van der Waals surface area (Å²) in [5.41, 5.74) is 0.00716. The number of benzene rings is 2. The van der Waals surface area contributed by atoms with Crippen LogP contribution in [0.15, 0.2) is 30.3 Å². The fourth-order valence-corrected chi connectivity index (χ4v) is 2.66. The maximum Gasteiger partial charge on any atom is 0.244 e. The quantitative estimate of drug-likeness (QED) is 0.479. The van der Waals surface area contributed by atoms with Crippen LogP contribution in [-0.2, 0) is 9.59 Å². The Hall–Kier alpha value is -3.20. The molecule has 0 atom stereocenters. The number of nitrogens with one attached hydrogen (secondary N) is 2. The van der Waals surface area contributed by atoms with Crippen LogP contribution in [0.5, 0.6) is 11.5 Å². The van der Waals surface area contributed by atoms with E-state index in [0.29, 0.717) is 29.7 Å². The second-order valence-electron chi connectivity index (χ2n) is 5.79. The van der Waals surface area contributed by atoms with E-state index in [-0.39, 0.29) is 5.02 Å². The molecule has 0 unspecified atom stereocenters. The molecule has 0 heterocycles. The predicted octanol–water partition coefficient (Wildman–Crippen LogP) is 3.93. The van der Waals surface area contributed by atoms with Crippen LogP contribution in [0.25, 0.3) is 6.08 Å². The van der Waals surface area contributed by atoms with Gasteiger partial charge < -0.3 is 20.1 Å². The number of ether oxygens (including phenoxy) is 2. The average molecular weight is 443 g/mol. The maximum atomic E-state index is 13.5. The molecule has 2 N–H and O–H groups in total. The molecule has 2 aromatic carbocycles. The van der Waals surface area contributed by atoms with Gasteiger partial charge in [-0.1, -0.05) is 11.6 Å². The molecule has 0 bridgehead atoms. The number of rotatable bonds is 8. The van der Waals surface area contributed by atoms with Crippen LogP contribution in [0, 0.1) is 17.5 Å². The Bertz CT molecular complexity index is 983. The Morgan fingerprint density at radius 3 is 2.57 bits per heavy atom. The van der Waals surface area contributed by atoms with E-state index >= 15 is 0 Å². The second kappa shape index (κ2) is 10.5. The van der Waals surface area contributed by atoms with Gasteiger partial charge in [0.05, 0.1) is 31.0 Å². The van der Waals surface area contributed by atoms with Crippen LogP contribution in [0.1, 0.15) is 12.5 Å². The largest absolute Gasteiger partial charge is 0.491 e. The number of carbonyl (C=O) groups excluding carboxylic acids is 2. The number of hydrogen-bond acceptors (Lipinski definition) is 4. The van der Waals surface area contributed by atoms with Gasteiger partial charge in [-0.15, -0.1) is 0 Å². The zero-order valence-corrected chi connectivity index (χ0v) is 16.8. The minimum atomic E-state index is -1.70. The fourth-order valence-electron chi connectivity index (χ4n) is 2.36. The Labute approximate surface area is 175 Å². The fraction of sp³-hybridized carbons (Fsp3) is 0.200. The number of methoxy groups -OCH3 is 1. The first-order chi connectivity index (χ1) is 14.3. The smallest absolute Gasteiger partial charge is 0.244 e. The van der Waals surface area contributed by atoms with Gasteiger partial charge in [-0.05, 0) is 42.8 Å². The number of carbonyl (C=O) groups is 2. The first kappa shape index (κ1) is 23.1. The molecule has 10 heteroatoms. The number of amides is 2. The highest BCUT2D eigenvalue weighted by molar-refractivity contribution is 6.32. The standard InChI is InChI=1S/C20H18ClF3N2O4/c1-3-30-15-9-11(8-12(21)20(15)29-2)4-7-16(27)25-10-17(28)26-14-6-5-13(22)18(23)19(14)24/h4-9H,3,10H2,1-2H3,(H,25,27)(H,26,28). The summed E-state index contributed by atoms with van der Waals surface area (Å²) in [4.78, 5) is 23.7. The highest BCUT2D eigenvalue weighted by Crippen LogP contribution is 2.36. The van der Waals surface area contributed by atoms with E-state index < -0.39 is 41.5 Å². The summed E-state index contributed by atoms with van der Waals surface area (Å²) in [6.07, 6.45) is 2.59. The van der Waals surface area contributed by atoms with E-state index in [1.807, 2.05) is 5.32 Å². The van der Waals surface area contributed by atoms with Crippen molar-refractivity contribution in [3.05, 3.63) is 58.4 Å². The van der Waals surface area contributed by atoms with Crippen molar-refractivity contribution in [3.63, 3.8) is 0 Å². The molecule has 2 aromatic rings. The lowest BCUT2D eigenvalue weighted by Crippen LogP contribution is -2.32. The van der Waals surface area contributed by atoms with Gasteiger partial charge in [0, 0.05) is 6.08 Å². The normalized spacial score (nSPS) is 10.7. The van der Waals surface area contributed by atoms with Gasteiger partial charge in [-0.25, -0.2) is 13.2 Å². The van der Waals surface area contributed by atoms with Gasteiger partial charge in [0.1, 0.15) is 0 Å². The molecular weight excluding hydrogens is 425 g/mol. The molecule has 0 aliphatic heterocycles. The van der Waals surface area contributed by atoms with E-state index in [2.05, 4.69) is 5.32 Å². The van der Waals surface area contributed by atoms with Crippen molar-refractivity contribution in [3.8, 4) is 11.5 Å². The summed E-state index contributed by atoms with van der Waals surface area (Å²) in [5, 5.41) is 4.61. The summed E-state index contributed by atoms with van der Waals surface area (Å²) in [6, 6.07) is 4.73. The van der Waals surface area contributed by atoms with E-state index in [9.17, 15) is 22.8 Å². The topological polar surface area (TPSA) is 76.7 Å². The Morgan fingerprint density at radius 2 is 1.90 bits per heavy atom. The van der Waals surface area contributed by atoms with Crippen molar-refractivity contribution in [1.82, 2.24) is 5.32 Å². The van der Waals surface area contributed by atoms with Crippen LogP contribution in [0.4, 0.5) is 18.9 Å². The minimum Gasteiger partial charge on any atom is -0.491 e. The zero-order valence-electron chi connectivity index (χ0n) is 16.0. The number of halogens is 4. The molecule has 0 fully saturated rings. The average Bonchev–Trinajstić information content (AvgIpc) is 2.71. The highest BCUT2D eigenvalue weighted by Gasteiger charge is 2.15. The molecule has 160 valence electrons. The van der Waals surface area contributed by atoms with Gasteiger partial charge in [-0.2, -0.15) is 0 Å². The first-order valence-corrected chi connectivity index (χ1v) is 9.04. The summed E-state index contributed by atoms with van der Waals surface area (Å²) in [6.45, 7) is 1.66. The summed E-state index contributed by atoms with van der Waals surface area (Å²) >= 11 is 6.13. The van der Waals surface area contributed by atoms with Crippen molar-refractivity contribution < 1.29 is 32.2 Å². The molecule has 0 aromatic heterocycles. The van der Waals surface area contributed by atoms with E-state index in [4.69, 9.17) is 21.1 Å². The summed E-state index contributed by atoms with van der Waals surface area (Å²) in [5.74, 6) is -5.30. The Kier molecular flexibility index (Phi) is 8.11. The van der Waals surface area contributed by atoms with Crippen molar-refractivity contribution in [2.45, 2.75) is 6.92 Å². The number of anilines is 1. The predicted molar refractivity (Wildman–Crippen MR) is 106 cm³/mol. The first-order valence-electron chi connectivity index (χ1n) is 8.66. The molecule has 0 aliphatic rings. The lowest BCUT2D eigenvalue weighted by atomic mass is 10.2. The SMILES string of the molecule is CCOc1cc(C=CC(=O)NCC(=O)Nc2ccc(F)c(F)c2F)cc(Cl)c1OC. The molecule has 0 spiro atoms. The number of hydrogen-bond donors (Lipinski definition) is 2. The molecular formula is C20H18ClF3N2O4. The Balaban J connectivity index is 1.97. The van der Waals surface area contributed by atoms with Crippen LogP contribution in [0.2, 0.25) is 5.02 Å². The van der Waals surface area contributed by atoms with Crippen molar-refractivity contribution in [1.29, 1.82) is 0 Å². The molecule has 0 saturated heterocycles. The van der Waals surface area contributed by atoms with E-state index in [1.54, 1.807) is 19.1 Å². The lowest BCUT2D eigenvalue weighted by molar-refractivity contribution is -0.121. The molecule has 2 amide bonds. The molecule has 0 aliphatic carbocycles. The summed E-state index contributed by atoms with van der Waals surface area (Å²) in [7, 11) is 1.45. The van der Waals surface area contributed by atoms with Crippen molar-refractivity contribution in [2.24, 2.45) is 0 Å². The summed E-state index contributed by atoms with van der Waals surface area (Å²) < 4.78 is 50.2. The monoisotopic (exact) mass is 442 g/mol. The molecule has 30 heavy (non-hydrogen) atoms. The third-order valence-electron chi connectivity index (χ3n) is 3.70. The lowest BCUT2D eigenvalue weighted by Gasteiger charge is -2.11. The van der Waals surface area contributed by atoms with Gasteiger partial charge in [0.15, 0.2) is 29.0 Å². The molecule has 6 nitrogen and oxygen atoms in total. The maximum absolute atomic E-state index is 13.5. The zero-order chi connectivity index (χ0) is 22.3. The second-order valence-corrected chi connectivity index (χ2v) is 6.20. The van der Waals surface area contributed by atoms with Gasteiger partial charge in [0.25, 0.3) is 0 Å².